The number of aromatic nitrogens is 4. The molecule has 3 aromatic heterocycles. The Hall–Kier alpha value is -5.02. The molecule has 1 saturated carbocycles. The lowest BCUT2D eigenvalue weighted by atomic mass is 9.88. The van der Waals surface area contributed by atoms with E-state index < -0.39 is 0 Å². The van der Waals surface area contributed by atoms with Gasteiger partial charge in [-0.1, -0.05) is 37.5 Å². The van der Waals surface area contributed by atoms with Crippen LogP contribution in [0.1, 0.15) is 32.1 Å². The Morgan fingerprint density at radius 3 is 2.65 bits per heavy atom. The van der Waals surface area contributed by atoms with E-state index >= 15 is 0 Å². The molecule has 1 amide bonds. The number of aromatic amines is 2. The number of benzene rings is 3. The lowest BCUT2D eigenvalue weighted by Crippen LogP contribution is -2.24. The standard InChI is InChI=1S/C37H37FN6O2/c1-44(2)13-14-46-29-17-25(15-27(38)19-29)30-9-6-10-33-31(30)20-35(41-33)36-32-18-24(11-12-34(32)42-43-36)26-16-28(22-39-21-26)40-37(45)23-7-4-3-5-8-23/h6,9-12,15-23,41H,3-5,7-8,13-14H2,1-2H3,(H,40,45)(H,42,43). The molecule has 1 aliphatic rings. The lowest BCUT2D eigenvalue weighted by molar-refractivity contribution is -0.120. The van der Waals surface area contributed by atoms with Gasteiger partial charge in [-0.05, 0) is 86.1 Å². The number of halogens is 1. The molecule has 1 aliphatic carbocycles. The van der Waals surface area contributed by atoms with E-state index in [2.05, 4.69) is 37.6 Å². The van der Waals surface area contributed by atoms with Crippen LogP contribution in [0.25, 0.3) is 55.4 Å². The van der Waals surface area contributed by atoms with Gasteiger partial charge in [0.15, 0.2) is 0 Å². The van der Waals surface area contributed by atoms with Crippen LogP contribution in [0.3, 0.4) is 0 Å². The van der Waals surface area contributed by atoms with Gasteiger partial charge in [-0.25, -0.2) is 4.39 Å². The summed E-state index contributed by atoms with van der Waals surface area (Å²) in [6.45, 7) is 1.21. The van der Waals surface area contributed by atoms with Crippen molar-refractivity contribution < 1.29 is 13.9 Å². The van der Waals surface area contributed by atoms with Crippen LogP contribution in [0.15, 0.2) is 79.1 Å². The molecule has 8 nitrogen and oxygen atoms in total. The number of likely N-dealkylation sites (N-methyl/N-ethyl adjacent to an activating group) is 1. The number of carbonyl (C=O) groups is 1. The topological polar surface area (TPSA) is 98.9 Å². The number of ether oxygens (including phenoxy) is 1. The van der Waals surface area contributed by atoms with Crippen molar-refractivity contribution in [2.75, 3.05) is 32.6 Å². The number of pyridine rings is 1. The molecule has 0 atom stereocenters. The van der Waals surface area contributed by atoms with Crippen LogP contribution in [0, 0.1) is 11.7 Å². The molecule has 7 rings (SSSR count). The van der Waals surface area contributed by atoms with Crippen molar-refractivity contribution in [3.05, 3.63) is 84.9 Å². The first-order chi connectivity index (χ1) is 22.4. The van der Waals surface area contributed by atoms with E-state index in [1.807, 2.05) is 67.7 Å². The van der Waals surface area contributed by atoms with E-state index in [0.717, 1.165) is 87.7 Å². The molecule has 0 bridgehead atoms. The molecule has 3 aromatic carbocycles. The van der Waals surface area contributed by atoms with Crippen LogP contribution in [0.4, 0.5) is 10.1 Å². The Balaban J connectivity index is 1.19. The highest BCUT2D eigenvalue weighted by Crippen LogP contribution is 2.37. The molecule has 0 radical (unpaired) electrons. The highest BCUT2D eigenvalue weighted by Gasteiger charge is 2.21. The molecule has 0 saturated heterocycles. The molecule has 0 spiro atoms. The van der Waals surface area contributed by atoms with Crippen molar-refractivity contribution >= 4 is 33.4 Å². The van der Waals surface area contributed by atoms with Gasteiger partial charge in [0.05, 0.1) is 23.1 Å². The number of nitrogens with one attached hydrogen (secondary N) is 3. The van der Waals surface area contributed by atoms with Gasteiger partial charge in [0.1, 0.15) is 23.9 Å². The molecule has 0 unspecified atom stereocenters. The molecule has 6 aromatic rings. The zero-order chi connectivity index (χ0) is 31.6. The third-order valence-corrected chi connectivity index (χ3v) is 8.79. The Morgan fingerprint density at radius 2 is 1.80 bits per heavy atom. The number of carbonyl (C=O) groups excluding carboxylic acids is 1. The Kier molecular flexibility index (Phi) is 8.24. The minimum atomic E-state index is -0.344. The van der Waals surface area contributed by atoms with Gasteiger partial charge < -0.3 is 19.9 Å². The second kappa shape index (κ2) is 12.8. The summed E-state index contributed by atoms with van der Waals surface area (Å²) in [4.78, 5) is 22.8. The van der Waals surface area contributed by atoms with Gasteiger partial charge in [-0.2, -0.15) is 5.10 Å². The summed E-state index contributed by atoms with van der Waals surface area (Å²) < 4.78 is 20.6. The second-order valence-electron chi connectivity index (χ2n) is 12.4. The van der Waals surface area contributed by atoms with Gasteiger partial charge in [-0.3, -0.25) is 14.9 Å². The highest BCUT2D eigenvalue weighted by molar-refractivity contribution is 6.02. The predicted octanol–water partition coefficient (Wildman–Crippen LogP) is 8.04. The Morgan fingerprint density at radius 1 is 0.935 bits per heavy atom. The third kappa shape index (κ3) is 6.23. The summed E-state index contributed by atoms with van der Waals surface area (Å²) in [6.07, 6.45) is 8.83. The largest absolute Gasteiger partial charge is 0.492 e. The summed E-state index contributed by atoms with van der Waals surface area (Å²) in [5, 5.41) is 12.8. The number of hydrogen-bond acceptors (Lipinski definition) is 5. The summed E-state index contributed by atoms with van der Waals surface area (Å²) in [5.74, 6) is 0.310. The van der Waals surface area contributed by atoms with Gasteiger partial charge in [0.25, 0.3) is 0 Å². The van der Waals surface area contributed by atoms with E-state index in [4.69, 9.17) is 4.74 Å². The Labute approximate surface area is 267 Å². The molecule has 3 heterocycles. The summed E-state index contributed by atoms with van der Waals surface area (Å²) in [7, 11) is 3.95. The van der Waals surface area contributed by atoms with Gasteiger partial charge in [0, 0.05) is 46.6 Å². The average molecular weight is 617 g/mol. The first-order valence-electron chi connectivity index (χ1n) is 15.9. The van der Waals surface area contributed by atoms with E-state index in [1.54, 1.807) is 6.20 Å². The second-order valence-corrected chi connectivity index (χ2v) is 12.4. The highest BCUT2D eigenvalue weighted by atomic mass is 19.1. The van der Waals surface area contributed by atoms with E-state index in [-0.39, 0.29) is 17.6 Å². The number of amides is 1. The summed E-state index contributed by atoms with van der Waals surface area (Å²) in [6, 6.07) is 21.0. The monoisotopic (exact) mass is 616 g/mol. The SMILES string of the molecule is CN(C)CCOc1cc(F)cc(-c2cccc3[nH]c(-c4n[nH]c5ccc(-c6cncc(NC(=O)C7CCCCC7)c6)cc45)cc23)c1. The molecule has 0 aliphatic heterocycles. The van der Waals surface area contributed by atoms with Gasteiger partial charge in [0.2, 0.25) is 5.91 Å². The number of anilines is 1. The zero-order valence-electron chi connectivity index (χ0n) is 26.1. The number of fused-ring (bicyclic) bond motifs is 2. The van der Waals surface area contributed by atoms with Gasteiger partial charge in [-0.15, -0.1) is 0 Å². The molecule has 1 fully saturated rings. The quantitative estimate of drug-likeness (QED) is 0.153. The normalized spacial score (nSPS) is 13.9. The minimum Gasteiger partial charge on any atom is -0.492 e. The first kappa shape index (κ1) is 29.7. The maximum Gasteiger partial charge on any atom is 0.227 e. The fraction of sp³-hybridized carbons (Fsp3) is 0.270. The van der Waals surface area contributed by atoms with Gasteiger partial charge >= 0.3 is 0 Å². The van der Waals surface area contributed by atoms with Crippen LogP contribution in [-0.4, -0.2) is 58.2 Å². The number of nitrogens with zero attached hydrogens (tertiary/aromatic N) is 3. The molecule has 46 heavy (non-hydrogen) atoms. The number of hydrogen-bond donors (Lipinski definition) is 3. The van der Waals surface area contributed by atoms with E-state index in [9.17, 15) is 9.18 Å². The van der Waals surface area contributed by atoms with Crippen molar-refractivity contribution in [3.8, 4) is 39.4 Å². The van der Waals surface area contributed by atoms with Crippen LogP contribution >= 0.6 is 0 Å². The third-order valence-electron chi connectivity index (χ3n) is 8.79. The van der Waals surface area contributed by atoms with Crippen LogP contribution in [0.2, 0.25) is 0 Å². The maximum absolute atomic E-state index is 14.7. The van der Waals surface area contributed by atoms with Crippen LogP contribution in [-0.2, 0) is 4.79 Å². The summed E-state index contributed by atoms with van der Waals surface area (Å²) in [5.41, 5.74) is 7.66. The number of rotatable bonds is 9. The average Bonchev–Trinajstić information content (AvgIpc) is 3.69. The van der Waals surface area contributed by atoms with Crippen molar-refractivity contribution in [1.82, 2.24) is 25.1 Å². The number of H-pyrrole nitrogens is 2. The molecular weight excluding hydrogens is 579 g/mol. The first-order valence-corrected chi connectivity index (χ1v) is 15.9. The van der Waals surface area contributed by atoms with Crippen LogP contribution in [0.5, 0.6) is 5.75 Å². The van der Waals surface area contributed by atoms with E-state index in [0.29, 0.717) is 18.0 Å². The van der Waals surface area contributed by atoms with E-state index in [1.165, 1.54) is 18.6 Å². The Bertz CT molecular complexity index is 2020. The molecular formula is C37H37FN6O2. The molecule has 234 valence electrons. The van der Waals surface area contributed by atoms with Crippen molar-refractivity contribution in [1.29, 1.82) is 0 Å². The maximum atomic E-state index is 14.7. The smallest absolute Gasteiger partial charge is 0.227 e. The molecule has 3 N–H and O–H groups in total. The fourth-order valence-corrected chi connectivity index (χ4v) is 6.36. The van der Waals surface area contributed by atoms with Crippen LogP contribution < -0.4 is 10.1 Å². The van der Waals surface area contributed by atoms with Crippen molar-refractivity contribution in [3.63, 3.8) is 0 Å². The van der Waals surface area contributed by atoms with Crippen molar-refractivity contribution in [2.24, 2.45) is 5.92 Å². The lowest BCUT2D eigenvalue weighted by Gasteiger charge is -2.20. The zero-order valence-corrected chi connectivity index (χ0v) is 26.1. The summed E-state index contributed by atoms with van der Waals surface area (Å²) >= 11 is 0. The predicted molar refractivity (Wildman–Crippen MR) is 181 cm³/mol. The van der Waals surface area contributed by atoms with Crippen molar-refractivity contribution in [2.45, 2.75) is 32.1 Å². The molecule has 9 heteroatoms. The fourth-order valence-electron chi connectivity index (χ4n) is 6.36. The minimum absolute atomic E-state index is 0.0726.